The Morgan fingerprint density at radius 2 is 1.86 bits per heavy atom. The molecular formula is C28H33N3O5. The average molecular weight is 492 g/mol. The van der Waals surface area contributed by atoms with Crippen LogP contribution in [0.4, 0.5) is 0 Å². The van der Waals surface area contributed by atoms with Crippen LogP contribution in [0.5, 0.6) is 0 Å². The van der Waals surface area contributed by atoms with Gasteiger partial charge in [-0.2, -0.15) is 0 Å². The minimum atomic E-state index is -2.16. The highest BCUT2D eigenvalue weighted by atomic mass is 16.6. The molecule has 9 atom stereocenters. The summed E-state index contributed by atoms with van der Waals surface area (Å²) in [7, 11) is 0. The normalized spacial score (nSPS) is 46.5. The Morgan fingerprint density at radius 1 is 1.11 bits per heavy atom. The Bertz CT molecular complexity index is 1270. The van der Waals surface area contributed by atoms with Crippen LogP contribution >= 0.6 is 0 Å². The lowest BCUT2D eigenvalue weighted by Gasteiger charge is -2.75. The molecule has 8 rings (SSSR count). The molecule has 3 heterocycles. The van der Waals surface area contributed by atoms with Crippen LogP contribution in [-0.4, -0.2) is 60.7 Å². The molecule has 0 amide bonds. The molecular weight excluding hydrogens is 458 g/mol. The van der Waals surface area contributed by atoms with Crippen LogP contribution in [0.1, 0.15) is 45.6 Å². The number of fused-ring (bicyclic) bond motifs is 2. The molecule has 0 radical (unpaired) electrons. The zero-order chi connectivity index (χ0) is 25.3. The Hall–Kier alpha value is -2.39. The maximum Gasteiger partial charge on any atom is 0.208 e. The molecule has 8 nitrogen and oxygen atoms in total. The van der Waals surface area contributed by atoms with E-state index in [4.69, 9.17) is 4.74 Å². The summed E-state index contributed by atoms with van der Waals surface area (Å²) < 4.78 is 8.06. The first kappa shape index (κ1) is 22.8. The van der Waals surface area contributed by atoms with Crippen molar-refractivity contribution in [1.82, 2.24) is 15.0 Å². The van der Waals surface area contributed by atoms with Crippen molar-refractivity contribution in [1.29, 1.82) is 0 Å². The van der Waals surface area contributed by atoms with Crippen molar-refractivity contribution < 1.29 is 24.9 Å². The predicted octanol–water partition coefficient (Wildman–Crippen LogP) is 2.51. The van der Waals surface area contributed by atoms with E-state index in [0.29, 0.717) is 18.4 Å². The molecule has 4 aliphatic carbocycles. The smallest absolute Gasteiger partial charge is 0.208 e. The summed E-state index contributed by atoms with van der Waals surface area (Å²) in [5, 5.41) is 44.6. The van der Waals surface area contributed by atoms with Gasteiger partial charge in [-0.1, -0.05) is 56.0 Å². The van der Waals surface area contributed by atoms with Crippen molar-refractivity contribution in [2.75, 3.05) is 6.61 Å². The van der Waals surface area contributed by atoms with Crippen LogP contribution in [0.2, 0.25) is 0 Å². The SMILES string of the molecule is C=C1C(=O)[C@]23[C@H](O)[C@H]1CC[C@H]2[C@@]12CO[C@]3(O)[C@@H](O)[C@@H]1C(C)(C)CC[C@@H]2n1cc(-c2ccccc2)nn1. The zero-order valence-electron chi connectivity index (χ0n) is 20.7. The van der Waals surface area contributed by atoms with Crippen molar-refractivity contribution in [3.05, 3.63) is 48.7 Å². The Balaban J connectivity index is 1.44. The average Bonchev–Trinajstić information content (AvgIpc) is 3.37. The molecule has 4 saturated carbocycles. The third-order valence-electron chi connectivity index (χ3n) is 10.8. The van der Waals surface area contributed by atoms with Gasteiger partial charge in [-0.25, -0.2) is 4.68 Å². The Morgan fingerprint density at radius 3 is 2.61 bits per heavy atom. The second-order valence-electron chi connectivity index (χ2n) is 12.4. The number of aromatic nitrogens is 3. The largest absolute Gasteiger partial charge is 0.391 e. The van der Waals surface area contributed by atoms with E-state index in [1.807, 2.05) is 41.2 Å². The number of carbonyl (C=O) groups excluding carboxylic acids is 1. The molecule has 2 spiro atoms. The highest BCUT2D eigenvalue weighted by Crippen LogP contribution is 2.78. The molecule has 0 unspecified atom stereocenters. The molecule has 2 aromatic rings. The van der Waals surface area contributed by atoms with E-state index in [1.54, 1.807) is 0 Å². The molecule has 6 fully saturated rings. The number of aliphatic hydroxyl groups excluding tert-OH is 2. The van der Waals surface area contributed by atoms with E-state index in [-0.39, 0.29) is 35.7 Å². The van der Waals surface area contributed by atoms with Gasteiger partial charge in [0.25, 0.3) is 0 Å². The highest BCUT2D eigenvalue weighted by Gasteiger charge is 2.87. The summed E-state index contributed by atoms with van der Waals surface area (Å²) in [6, 6.07) is 9.64. The summed E-state index contributed by atoms with van der Waals surface area (Å²) >= 11 is 0. The Kier molecular flexibility index (Phi) is 4.38. The number of ether oxygens (including phenoxy) is 1. The third kappa shape index (κ3) is 2.29. The monoisotopic (exact) mass is 491 g/mol. The van der Waals surface area contributed by atoms with Gasteiger partial charge in [-0.3, -0.25) is 4.79 Å². The fraction of sp³-hybridized carbons (Fsp3) is 0.607. The van der Waals surface area contributed by atoms with Gasteiger partial charge in [-0.05, 0) is 42.6 Å². The molecule has 3 N–H and O–H groups in total. The fourth-order valence-corrected chi connectivity index (χ4v) is 9.45. The second-order valence-corrected chi connectivity index (χ2v) is 12.4. The van der Waals surface area contributed by atoms with E-state index in [0.717, 1.165) is 24.1 Å². The number of hydrogen-bond donors (Lipinski definition) is 3. The summed E-state index contributed by atoms with van der Waals surface area (Å²) in [4.78, 5) is 13.9. The van der Waals surface area contributed by atoms with Crippen molar-refractivity contribution in [2.24, 2.45) is 34.0 Å². The van der Waals surface area contributed by atoms with E-state index in [9.17, 15) is 20.1 Å². The van der Waals surface area contributed by atoms with Gasteiger partial charge in [0.1, 0.15) is 17.2 Å². The number of nitrogens with zero attached hydrogens (tertiary/aromatic N) is 3. The number of carbonyl (C=O) groups is 1. The second kappa shape index (κ2) is 6.92. The van der Waals surface area contributed by atoms with Gasteiger partial charge < -0.3 is 20.1 Å². The van der Waals surface area contributed by atoms with Gasteiger partial charge in [0.2, 0.25) is 5.79 Å². The lowest BCUT2D eigenvalue weighted by Crippen LogP contribution is -2.84. The lowest BCUT2D eigenvalue weighted by molar-refractivity contribution is -0.454. The quantitative estimate of drug-likeness (QED) is 0.553. The number of hydrogen-bond acceptors (Lipinski definition) is 7. The number of aliphatic hydroxyl groups is 3. The number of Topliss-reactive ketones (excluding diaryl/α,β-unsaturated/α-hetero) is 1. The Labute approximate surface area is 210 Å². The van der Waals surface area contributed by atoms with Crippen LogP contribution in [0, 0.1) is 34.0 Å². The van der Waals surface area contributed by atoms with Crippen molar-refractivity contribution >= 4 is 5.78 Å². The van der Waals surface area contributed by atoms with Crippen LogP contribution in [0.25, 0.3) is 11.3 Å². The van der Waals surface area contributed by atoms with Crippen LogP contribution in [-0.2, 0) is 9.53 Å². The number of ketones is 1. The van der Waals surface area contributed by atoms with Gasteiger partial charge in [-0.15, -0.1) is 5.10 Å². The maximum absolute atomic E-state index is 13.9. The molecule has 2 aliphatic heterocycles. The van der Waals surface area contributed by atoms with Gasteiger partial charge >= 0.3 is 0 Å². The van der Waals surface area contributed by atoms with E-state index >= 15 is 0 Å². The number of rotatable bonds is 2. The standard InChI is InChI=1S/C28H33N3O5/c1-15-17-9-10-19-26-14-36-28(35,27(19,22(15)32)23(17)33)24(34)21(26)25(2,3)12-11-20(26)31-13-18(29-30-31)16-7-5-4-6-8-16/h4-8,13,17,19-21,23-24,33-35H,1,9-12,14H2,2-3H3/t17-,19-,20-,21+,23+,24-,26+,27-,28+/m0/s1. The third-order valence-corrected chi connectivity index (χ3v) is 10.8. The first-order valence-electron chi connectivity index (χ1n) is 13.0. The first-order chi connectivity index (χ1) is 17.1. The van der Waals surface area contributed by atoms with Gasteiger partial charge in [0.15, 0.2) is 5.78 Å². The van der Waals surface area contributed by atoms with Crippen LogP contribution in [0.3, 0.4) is 0 Å². The van der Waals surface area contributed by atoms with E-state index in [1.165, 1.54) is 0 Å². The summed E-state index contributed by atoms with van der Waals surface area (Å²) in [6.07, 6.45) is 2.30. The lowest BCUT2D eigenvalue weighted by atomic mass is 9.35. The van der Waals surface area contributed by atoms with E-state index in [2.05, 4.69) is 30.7 Å². The van der Waals surface area contributed by atoms with Crippen molar-refractivity contribution in [3.8, 4) is 11.3 Å². The predicted molar refractivity (Wildman–Crippen MR) is 129 cm³/mol. The molecule has 8 heteroatoms. The molecule has 1 aromatic carbocycles. The van der Waals surface area contributed by atoms with Crippen molar-refractivity contribution in [2.45, 2.75) is 63.6 Å². The summed E-state index contributed by atoms with van der Waals surface area (Å²) in [5.74, 6) is -3.67. The number of benzene rings is 1. The van der Waals surface area contributed by atoms with E-state index < -0.39 is 34.7 Å². The van der Waals surface area contributed by atoms with Gasteiger partial charge in [0.05, 0.1) is 24.9 Å². The summed E-state index contributed by atoms with van der Waals surface area (Å²) in [6.45, 7) is 8.45. The molecule has 4 bridgehead atoms. The van der Waals surface area contributed by atoms with Crippen LogP contribution < -0.4 is 0 Å². The van der Waals surface area contributed by atoms with Crippen molar-refractivity contribution in [3.63, 3.8) is 0 Å². The zero-order valence-corrected chi connectivity index (χ0v) is 20.7. The molecule has 1 aromatic heterocycles. The first-order valence-corrected chi connectivity index (χ1v) is 13.0. The molecule has 2 saturated heterocycles. The summed E-state index contributed by atoms with van der Waals surface area (Å²) in [5.41, 5.74) is -0.620. The minimum Gasteiger partial charge on any atom is -0.391 e. The van der Waals surface area contributed by atoms with Crippen LogP contribution in [0.15, 0.2) is 48.7 Å². The fourth-order valence-electron chi connectivity index (χ4n) is 9.45. The topological polar surface area (TPSA) is 118 Å². The molecule has 36 heavy (non-hydrogen) atoms. The molecule has 6 aliphatic rings. The van der Waals surface area contributed by atoms with Gasteiger partial charge in [0, 0.05) is 22.8 Å². The highest BCUT2D eigenvalue weighted by molar-refractivity contribution is 6.05. The minimum absolute atomic E-state index is 0.184. The maximum atomic E-state index is 13.9. The molecule has 190 valence electrons.